The van der Waals surface area contributed by atoms with Gasteiger partial charge in [0.2, 0.25) is 5.78 Å². The minimum atomic E-state index is -0.285. The minimum absolute atomic E-state index is 0.248. The second kappa shape index (κ2) is 9.24. The highest BCUT2D eigenvalue weighted by Gasteiger charge is 2.35. The summed E-state index contributed by atoms with van der Waals surface area (Å²) in [6.07, 6.45) is 6.76. The predicted octanol–water partition coefficient (Wildman–Crippen LogP) is 4.73. The van der Waals surface area contributed by atoms with Gasteiger partial charge in [0.15, 0.2) is 5.78 Å². The van der Waals surface area contributed by atoms with Crippen molar-refractivity contribution in [3.8, 4) is 11.5 Å². The number of fused-ring (bicyclic) bond motifs is 2. The van der Waals surface area contributed by atoms with Crippen molar-refractivity contribution in [2.24, 2.45) is 0 Å². The first kappa shape index (κ1) is 20.4. The Morgan fingerprint density at radius 3 is 2.10 bits per heavy atom. The molecule has 0 atom stereocenters. The molecule has 0 heterocycles. The van der Waals surface area contributed by atoms with E-state index in [-0.39, 0.29) is 28.3 Å². The third-order valence-corrected chi connectivity index (χ3v) is 4.71. The van der Waals surface area contributed by atoms with Crippen LogP contribution in [-0.4, -0.2) is 24.8 Å². The van der Waals surface area contributed by atoms with Crippen molar-refractivity contribution in [2.75, 3.05) is 18.9 Å². The number of nitrogen functional groups attached to an aromatic ring is 1. The van der Waals surface area contributed by atoms with Crippen molar-refractivity contribution in [1.82, 2.24) is 0 Å². The average molecular weight is 391 g/mol. The molecule has 0 spiro atoms. The first-order valence-corrected chi connectivity index (χ1v) is 9.71. The summed E-state index contributed by atoms with van der Waals surface area (Å²) in [7, 11) is 0. The van der Waals surface area contributed by atoms with Crippen LogP contribution in [-0.2, 0) is 0 Å². The van der Waals surface area contributed by atoms with Gasteiger partial charge in [-0.25, -0.2) is 0 Å². The molecule has 3 rings (SSSR count). The number of hydrogen-bond acceptors (Lipinski definition) is 5. The number of allylic oxidation sites excluding steroid dienone is 2. The van der Waals surface area contributed by atoms with Crippen molar-refractivity contribution in [1.29, 1.82) is 0 Å². The standard InChI is InChI=1S/C24H25NO4/c1-3-5-7-12-28-19-11-9-10-17-21(19)24(27)22-18(23(17)26)14-16(25)15-20(22)29-13-8-6-4-2/h3-4,9-11,14-15H,1-2,5-8,12-13,25H2. The van der Waals surface area contributed by atoms with Crippen LogP contribution in [0.15, 0.2) is 55.6 Å². The Bertz CT molecular complexity index is 962. The number of anilines is 1. The SMILES string of the molecule is C=CCCCOc1cccc2c1C(=O)c1c(OCCCC=C)cc(N)cc1C2=O. The monoisotopic (exact) mass is 391 g/mol. The summed E-state index contributed by atoms with van der Waals surface area (Å²) in [6, 6.07) is 8.20. The fourth-order valence-corrected chi connectivity index (χ4v) is 3.33. The van der Waals surface area contributed by atoms with Crippen molar-refractivity contribution in [3.63, 3.8) is 0 Å². The van der Waals surface area contributed by atoms with E-state index in [9.17, 15) is 9.59 Å². The Balaban J connectivity index is 1.98. The first-order valence-electron chi connectivity index (χ1n) is 9.71. The average Bonchev–Trinajstić information content (AvgIpc) is 2.72. The molecule has 0 radical (unpaired) electrons. The first-order chi connectivity index (χ1) is 14.1. The molecule has 0 unspecified atom stereocenters. The van der Waals surface area contributed by atoms with Gasteiger partial charge in [-0.2, -0.15) is 0 Å². The normalized spacial score (nSPS) is 12.1. The Labute approximate surface area is 170 Å². The third-order valence-electron chi connectivity index (χ3n) is 4.71. The van der Waals surface area contributed by atoms with Crippen molar-refractivity contribution in [2.45, 2.75) is 25.7 Å². The van der Waals surface area contributed by atoms with Crippen LogP contribution in [0.25, 0.3) is 0 Å². The van der Waals surface area contributed by atoms with Crippen LogP contribution in [0.2, 0.25) is 0 Å². The third kappa shape index (κ3) is 4.24. The van der Waals surface area contributed by atoms with Crippen LogP contribution < -0.4 is 15.2 Å². The lowest BCUT2D eigenvalue weighted by atomic mass is 9.83. The molecule has 0 amide bonds. The summed E-state index contributed by atoms with van der Waals surface area (Å²) in [5.74, 6) is 0.196. The zero-order valence-corrected chi connectivity index (χ0v) is 16.4. The van der Waals surface area contributed by atoms with Gasteiger partial charge in [-0.3, -0.25) is 9.59 Å². The number of carbonyl (C=O) groups excluding carboxylic acids is 2. The zero-order valence-electron chi connectivity index (χ0n) is 16.4. The molecule has 2 aromatic rings. The number of unbranched alkanes of at least 4 members (excludes halogenated alkanes) is 2. The lowest BCUT2D eigenvalue weighted by Crippen LogP contribution is -2.23. The molecule has 150 valence electrons. The Hall–Kier alpha value is -3.34. The number of ketones is 2. The number of hydrogen-bond donors (Lipinski definition) is 1. The van der Waals surface area contributed by atoms with E-state index in [4.69, 9.17) is 15.2 Å². The maximum atomic E-state index is 13.4. The molecule has 5 heteroatoms. The molecule has 5 nitrogen and oxygen atoms in total. The number of carbonyl (C=O) groups is 2. The highest BCUT2D eigenvalue weighted by atomic mass is 16.5. The van der Waals surface area contributed by atoms with E-state index < -0.39 is 0 Å². The second-order valence-electron chi connectivity index (χ2n) is 6.84. The molecule has 0 fully saturated rings. The number of nitrogens with two attached hydrogens (primary N) is 1. The van der Waals surface area contributed by atoms with E-state index in [1.165, 1.54) is 6.07 Å². The Kier molecular flexibility index (Phi) is 6.50. The maximum Gasteiger partial charge on any atom is 0.201 e. The van der Waals surface area contributed by atoms with Crippen LogP contribution in [0.1, 0.15) is 57.5 Å². The summed E-state index contributed by atoms with van der Waals surface area (Å²) in [5, 5.41) is 0. The zero-order chi connectivity index (χ0) is 20.8. The van der Waals surface area contributed by atoms with E-state index in [0.717, 1.165) is 25.7 Å². The summed E-state index contributed by atoms with van der Waals surface area (Å²) in [4.78, 5) is 26.5. The molecule has 2 N–H and O–H groups in total. The molecule has 0 aromatic heterocycles. The van der Waals surface area contributed by atoms with E-state index in [0.29, 0.717) is 36.0 Å². The molecule has 2 aromatic carbocycles. The summed E-state index contributed by atoms with van der Waals surface area (Å²) in [5.41, 5.74) is 7.47. The van der Waals surface area contributed by atoms with E-state index >= 15 is 0 Å². The van der Waals surface area contributed by atoms with E-state index in [1.807, 2.05) is 6.08 Å². The summed E-state index contributed by atoms with van der Waals surface area (Å²) in [6.45, 7) is 8.21. The molecule has 0 aliphatic heterocycles. The lowest BCUT2D eigenvalue weighted by molar-refractivity contribution is 0.0972. The molecular formula is C24H25NO4. The smallest absolute Gasteiger partial charge is 0.201 e. The van der Waals surface area contributed by atoms with Gasteiger partial charge in [-0.15, -0.1) is 13.2 Å². The highest BCUT2D eigenvalue weighted by molar-refractivity contribution is 6.30. The minimum Gasteiger partial charge on any atom is -0.493 e. The Morgan fingerprint density at radius 1 is 0.828 bits per heavy atom. The van der Waals surface area contributed by atoms with Crippen molar-refractivity contribution in [3.05, 3.63) is 77.9 Å². The van der Waals surface area contributed by atoms with Gasteiger partial charge in [0.1, 0.15) is 11.5 Å². The fraction of sp³-hybridized carbons (Fsp3) is 0.250. The van der Waals surface area contributed by atoms with Gasteiger partial charge in [-0.05, 0) is 37.8 Å². The summed E-state index contributed by atoms with van der Waals surface area (Å²) < 4.78 is 11.6. The van der Waals surface area contributed by atoms with Crippen molar-refractivity contribution >= 4 is 17.3 Å². The van der Waals surface area contributed by atoms with Gasteiger partial charge in [0, 0.05) is 22.9 Å². The van der Waals surface area contributed by atoms with Gasteiger partial charge < -0.3 is 15.2 Å². The molecule has 0 saturated heterocycles. The highest BCUT2D eigenvalue weighted by Crippen LogP contribution is 2.38. The van der Waals surface area contributed by atoms with Crippen LogP contribution >= 0.6 is 0 Å². The summed E-state index contributed by atoms with van der Waals surface area (Å²) >= 11 is 0. The molecule has 1 aliphatic carbocycles. The molecular weight excluding hydrogens is 366 g/mol. The predicted molar refractivity (Wildman–Crippen MR) is 114 cm³/mol. The fourth-order valence-electron chi connectivity index (χ4n) is 3.33. The van der Waals surface area contributed by atoms with Gasteiger partial charge in [0.05, 0.1) is 24.3 Å². The van der Waals surface area contributed by atoms with Crippen LogP contribution in [0.3, 0.4) is 0 Å². The Morgan fingerprint density at radius 2 is 1.45 bits per heavy atom. The molecule has 0 saturated carbocycles. The molecule has 1 aliphatic rings. The van der Waals surface area contributed by atoms with Crippen LogP contribution in [0, 0.1) is 0 Å². The van der Waals surface area contributed by atoms with E-state index in [1.54, 1.807) is 30.3 Å². The van der Waals surface area contributed by atoms with Crippen LogP contribution in [0.4, 0.5) is 5.69 Å². The lowest BCUT2D eigenvalue weighted by Gasteiger charge is -2.23. The topological polar surface area (TPSA) is 78.6 Å². The number of benzene rings is 2. The van der Waals surface area contributed by atoms with Crippen LogP contribution in [0.5, 0.6) is 11.5 Å². The second-order valence-corrected chi connectivity index (χ2v) is 6.84. The quantitative estimate of drug-likeness (QED) is 0.307. The number of ether oxygens (including phenoxy) is 2. The maximum absolute atomic E-state index is 13.4. The molecule has 0 bridgehead atoms. The number of rotatable bonds is 10. The van der Waals surface area contributed by atoms with Gasteiger partial charge in [0.25, 0.3) is 0 Å². The molecule has 29 heavy (non-hydrogen) atoms. The van der Waals surface area contributed by atoms with Crippen molar-refractivity contribution < 1.29 is 19.1 Å². The van der Waals surface area contributed by atoms with Gasteiger partial charge >= 0.3 is 0 Å². The largest absolute Gasteiger partial charge is 0.493 e. The van der Waals surface area contributed by atoms with E-state index in [2.05, 4.69) is 13.2 Å². The van der Waals surface area contributed by atoms with Gasteiger partial charge in [-0.1, -0.05) is 24.3 Å².